The Morgan fingerprint density at radius 1 is 1.54 bits per heavy atom. The summed E-state index contributed by atoms with van der Waals surface area (Å²) in [4.78, 5) is 11.0. The number of hydrogen-bond acceptors (Lipinski definition) is 4. The van der Waals surface area contributed by atoms with Crippen LogP contribution in [0.3, 0.4) is 0 Å². The topological polar surface area (TPSA) is 47.6 Å². The number of carbonyl (C=O) groups excluding carboxylic acids is 1. The van der Waals surface area contributed by atoms with Gasteiger partial charge in [0, 0.05) is 19.3 Å². The van der Waals surface area contributed by atoms with Crippen molar-refractivity contribution in [3.63, 3.8) is 0 Å². The van der Waals surface area contributed by atoms with Gasteiger partial charge in [-0.3, -0.25) is 4.79 Å². The lowest BCUT2D eigenvalue weighted by Crippen LogP contribution is -2.38. The molecule has 0 unspecified atom stereocenters. The Hall–Kier alpha value is -0.610. The highest BCUT2D eigenvalue weighted by Crippen LogP contribution is 2.05. The van der Waals surface area contributed by atoms with Crippen LogP contribution < -0.4 is 5.32 Å². The summed E-state index contributed by atoms with van der Waals surface area (Å²) in [7, 11) is 0. The van der Waals surface area contributed by atoms with Gasteiger partial charge in [0.05, 0.1) is 13.2 Å². The molecule has 4 heteroatoms. The van der Waals surface area contributed by atoms with Crippen LogP contribution in [0.15, 0.2) is 0 Å². The first kappa shape index (κ1) is 10.5. The van der Waals surface area contributed by atoms with Gasteiger partial charge >= 0.3 is 5.97 Å². The minimum absolute atomic E-state index is 0.172. The van der Waals surface area contributed by atoms with Crippen LogP contribution in [0, 0.1) is 0 Å². The van der Waals surface area contributed by atoms with Crippen LogP contribution in [0.25, 0.3) is 0 Å². The first-order valence-electron chi connectivity index (χ1n) is 4.79. The van der Waals surface area contributed by atoms with Gasteiger partial charge in [0.2, 0.25) is 0 Å². The molecule has 76 valence electrons. The van der Waals surface area contributed by atoms with Gasteiger partial charge in [-0.2, -0.15) is 0 Å². The monoisotopic (exact) mass is 187 g/mol. The van der Waals surface area contributed by atoms with Gasteiger partial charge in [0.15, 0.2) is 0 Å². The molecule has 0 amide bonds. The molecule has 1 aliphatic heterocycles. The lowest BCUT2D eigenvalue weighted by molar-refractivity contribution is -0.142. The molecule has 13 heavy (non-hydrogen) atoms. The average molecular weight is 187 g/mol. The van der Waals surface area contributed by atoms with Crippen molar-refractivity contribution in [1.29, 1.82) is 0 Å². The zero-order valence-corrected chi connectivity index (χ0v) is 8.04. The highest BCUT2D eigenvalue weighted by Gasteiger charge is 2.14. The second-order valence-corrected chi connectivity index (χ2v) is 3.07. The second kappa shape index (κ2) is 5.94. The summed E-state index contributed by atoms with van der Waals surface area (Å²) in [6.45, 7) is 4.17. The van der Waals surface area contributed by atoms with E-state index in [0.717, 1.165) is 26.1 Å². The molecule has 4 nitrogen and oxygen atoms in total. The van der Waals surface area contributed by atoms with Crippen molar-refractivity contribution in [3.05, 3.63) is 0 Å². The lowest BCUT2D eigenvalue weighted by atomic mass is 10.1. The molecule has 0 saturated carbocycles. The minimum atomic E-state index is -0.172. The maximum absolute atomic E-state index is 11.0. The zero-order valence-electron chi connectivity index (χ0n) is 8.04. The van der Waals surface area contributed by atoms with Gasteiger partial charge in [-0.15, -0.1) is 0 Å². The Bertz CT molecular complexity index is 155. The predicted octanol–water partition coefficient (Wildman–Crippen LogP) is 0.318. The van der Waals surface area contributed by atoms with Gasteiger partial charge in [0.25, 0.3) is 0 Å². The lowest BCUT2D eigenvalue weighted by Gasteiger charge is -2.22. The number of ether oxygens (including phenoxy) is 2. The van der Waals surface area contributed by atoms with E-state index >= 15 is 0 Å². The van der Waals surface area contributed by atoms with Crippen molar-refractivity contribution >= 4 is 5.97 Å². The van der Waals surface area contributed by atoms with Crippen LogP contribution in [-0.4, -0.2) is 38.4 Å². The first-order chi connectivity index (χ1) is 6.33. The average Bonchev–Trinajstić information content (AvgIpc) is 2.17. The Balaban J connectivity index is 2.06. The summed E-state index contributed by atoms with van der Waals surface area (Å²) in [6.07, 6.45) is 1.97. The van der Waals surface area contributed by atoms with Gasteiger partial charge in [0.1, 0.15) is 0 Å². The maximum Gasteiger partial charge on any atom is 0.319 e. The normalized spacial score (nSPS) is 18.5. The molecule has 0 aromatic carbocycles. The molecule has 0 radical (unpaired) electrons. The van der Waals surface area contributed by atoms with E-state index in [1.54, 1.807) is 0 Å². The molecule has 0 bridgehead atoms. The molecule has 0 aromatic rings. The van der Waals surface area contributed by atoms with Crippen molar-refractivity contribution in [1.82, 2.24) is 5.32 Å². The van der Waals surface area contributed by atoms with Crippen molar-refractivity contribution in [3.8, 4) is 0 Å². The van der Waals surface area contributed by atoms with Crippen LogP contribution in [0.1, 0.15) is 19.8 Å². The minimum Gasteiger partial charge on any atom is -0.465 e. The van der Waals surface area contributed by atoms with E-state index in [4.69, 9.17) is 9.47 Å². The van der Waals surface area contributed by atoms with Crippen LogP contribution in [-0.2, 0) is 14.3 Å². The zero-order chi connectivity index (χ0) is 9.52. The molecule has 0 atom stereocenters. The third kappa shape index (κ3) is 4.24. The van der Waals surface area contributed by atoms with E-state index in [2.05, 4.69) is 5.32 Å². The Labute approximate surface area is 78.6 Å². The first-order valence-corrected chi connectivity index (χ1v) is 4.79. The number of esters is 1. The molecule has 1 fully saturated rings. The fourth-order valence-corrected chi connectivity index (χ4v) is 1.34. The molecule has 1 saturated heterocycles. The summed E-state index contributed by atoms with van der Waals surface area (Å²) in [5.41, 5.74) is 0. The van der Waals surface area contributed by atoms with Crippen LogP contribution >= 0.6 is 0 Å². The second-order valence-electron chi connectivity index (χ2n) is 3.07. The van der Waals surface area contributed by atoms with Crippen LogP contribution in [0.4, 0.5) is 0 Å². The summed E-state index contributed by atoms with van der Waals surface area (Å²) in [5.74, 6) is -0.172. The van der Waals surface area contributed by atoms with Crippen molar-refractivity contribution < 1.29 is 14.3 Å². The van der Waals surface area contributed by atoms with E-state index in [-0.39, 0.29) is 5.97 Å². The maximum atomic E-state index is 11.0. The molecule has 0 spiro atoms. The molecule has 1 aliphatic rings. The standard InChI is InChI=1S/C9H17NO3/c1-2-13-9(11)7-10-8-3-5-12-6-4-8/h8,10H,2-7H2,1H3. The Kier molecular flexibility index (Phi) is 4.78. The van der Waals surface area contributed by atoms with E-state index in [1.807, 2.05) is 6.92 Å². The van der Waals surface area contributed by atoms with E-state index in [1.165, 1.54) is 0 Å². The fourth-order valence-electron chi connectivity index (χ4n) is 1.34. The number of rotatable bonds is 4. The van der Waals surface area contributed by atoms with E-state index in [9.17, 15) is 4.79 Å². The third-order valence-electron chi connectivity index (χ3n) is 2.06. The summed E-state index contributed by atoms with van der Waals surface area (Å²) in [6, 6.07) is 0.415. The van der Waals surface area contributed by atoms with Gasteiger partial charge < -0.3 is 14.8 Å². The molecule has 1 rings (SSSR count). The van der Waals surface area contributed by atoms with Crippen molar-refractivity contribution in [2.75, 3.05) is 26.4 Å². The summed E-state index contributed by atoms with van der Waals surface area (Å²) in [5, 5.41) is 3.15. The highest BCUT2D eigenvalue weighted by molar-refractivity contribution is 5.71. The Morgan fingerprint density at radius 2 is 2.23 bits per heavy atom. The molecular weight excluding hydrogens is 170 g/mol. The van der Waals surface area contributed by atoms with Crippen molar-refractivity contribution in [2.24, 2.45) is 0 Å². The molecule has 1 heterocycles. The van der Waals surface area contributed by atoms with E-state index in [0.29, 0.717) is 19.2 Å². The highest BCUT2D eigenvalue weighted by atomic mass is 16.5. The third-order valence-corrected chi connectivity index (χ3v) is 2.06. The van der Waals surface area contributed by atoms with E-state index < -0.39 is 0 Å². The largest absolute Gasteiger partial charge is 0.465 e. The summed E-state index contributed by atoms with van der Waals surface area (Å²) >= 11 is 0. The van der Waals surface area contributed by atoms with Crippen LogP contribution in [0.5, 0.6) is 0 Å². The van der Waals surface area contributed by atoms with Gasteiger partial charge in [-0.25, -0.2) is 0 Å². The summed E-state index contributed by atoms with van der Waals surface area (Å²) < 4.78 is 10.00. The Morgan fingerprint density at radius 3 is 2.85 bits per heavy atom. The molecule has 0 aliphatic carbocycles. The number of nitrogens with one attached hydrogen (secondary N) is 1. The van der Waals surface area contributed by atoms with Crippen molar-refractivity contribution in [2.45, 2.75) is 25.8 Å². The van der Waals surface area contributed by atoms with Gasteiger partial charge in [-0.05, 0) is 19.8 Å². The smallest absolute Gasteiger partial charge is 0.319 e. The molecule has 1 N–H and O–H groups in total. The molecule has 0 aromatic heterocycles. The molecular formula is C9H17NO3. The SMILES string of the molecule is CCOC(=O)CNC1CCOCC1. The van der Waals surface area contributed by atoms with Crippen LogP contribution in [0.2, 0.25) is 0 Å². The fraction of sp³-hybridized carbons (Fsp3) is 0.889. The van der Waals surface area contributed by atoms with Gasteiger partial charge in [-0.1, -0.05) is 0 Å². The quantitative estimate of drug-likeness (QED) is 0.644. The number of hydrogen-bond donors (Lipinski definition) is 1. The predicted molar refractivity (Wildman–Crippen MR) is 48.5 cm³/mol. The number of carbonyl (C=O) groups is 1.